The molecule has 3 N–H and O–H groups in total. The minimum absolute atomic E-state index is 0.180. The van der Waals surface area contributed by atoms with Crippen molar-refractivity contribution in [1.82, 2.24) is 10.3 Å². The molecule has 1 heterocycles. The van der Waals surface area contributed by atoms with Crippen molar-refractivity contribution in [2.24, 2.45) is 17.6 Å². The minimum atomic E-state index is -0.483. The second kappa shape index (κ2) is 5.48. The third-order valence-electron chi connectivity index (χ3n) is 4.64. The Kier molecular flexibility index (Phi) is 3.70. The highest BCUT2D eigenvalue weighted by atomic mass is 19.1. The Morgan fingerprint density at radius 1 is 1.30 bits per heavy atom. The van der Waals surface area contributed by atoms with Gasteiger partial charge in [0, 0.05) is 18.3 Å². The van der Waals surface area contributed by atoms with Crippen LogP contribution in [0.3, 0.4) is 0 Å². The fraction of sp³-hybridized carbons (Fsp3) is 0.600. The number of carbonyl (C=O) groups is 1. The first-order valence-electron chi connectivity index (χ1n) is 7.30. The first-order chi connectivity index (χ1) is 9.63. The van der Waals surface area contributed by atoms with Crippen molar-refractivity contribution in [2.45, 2.75) is 44.2 Å². The van der Waals surface area contributed by atoms with Gasteiger partial charge in [-0.05, 0) is 43.6 Å². The predicted octanol–water partition coefficient (Wildman–Crippen LogP) is 1.86. The van der Waals surface area contributed by atoms with Crippen molar-refractivity contribution >= 4 is 5.91 Å². The molecule has 3 rings (SSSR count). The van der Waals surface area contributed by atoms with Gasteiger partial charge in [-0.15, -0.1) is 0 Å². The molecule has 2 unspecified atom stereocenters. The van der Waals surface area contributed by atoms with Crippen LogP contribution < -0.4 is 11.1 Å². The van der Waals surface area contributed by atoms with Gasteiger partial charge in [0.05, 0.1) is 11.8 Å². The lowest BCUT2D eigenvalue weighted by Crippen LogP contribution is -2.53. The van der Waals surface area contributed by atoms with Crippen LogP contribution >= 0.6 is 0 Å². The summed E-state index contributed by atoms with van der Waals surface area (Å²) in [6, 6.07) is 1.67. The third-order valence-corrected chi connectivity index (χ3v) is 4.64. The summed E-state index contributed by atoms with van der Waals surface area (Å²) in [5, 5.41) is 3.08. The molecule has 1 aromatic heterocycles. The van der Waals surface area contributed by atoms with E-state index in [2.05, 4.69) is 10.3 Å². The lowest BCUT2D eigenvalue weighted by molar-refractivity contribution is 0.0755. The largest absolute Gasteiger partial charge is 0.349 e. The van der Waals surface area contributed by atoms with Crippen LogP contribution in [0.2, 0.25) is 0 Å². The second-order valence-corrected chi connectivity index (χ2v) is 6.07. The van der Waals surface area contributed by atoms with Crippen LogP contribution in [0.4, 0.5) is 4.39 Å². The van der Waals surface area contributed by atoms with E-state index in [0.29, 0.717) is 11.8 Å². The normalized spacial score (nSPS) is 32.7. The van der Waals surface area contributed by atoms with Gasteiger partial charge in [0.15, 0.2) is 0 Å². The van der Waals surface area contributed by atoms with Crippen molar-refractivity contribution in [3.8, 4) is 0 Å². The number of carbonyl (C=O) groups excluding carboxylic acids is 1. The van der Waals surface area contributed by atoms with Gasteiger partial charge in [-0.25, -0.2) is 4.39 Å². The summed E-state index contributed by atoms with van der Waals surface area (Å²) >= 11 is 0. The van der Waals surface area contributed by atoms with Crippen LogP contribution in [0.1, 0.15) is 42.5 Å². The number of amides is 1. The molecule has 1 amide bonds. The zero-order valence-corrected chi connectivity index (χ0v) is 11.4. The van der Waals surface area contributed by atoms with E-state index in [1.54, 1.807) is 0 Å². The zero-order chi connectivity index (χ0) is 14.1. The van der Waals surface area contributed by atoms with Gasteiger partial charge in [0.1, 0.15) is 5.82 Å². The fourth-order valence-electron chi connectivity index (χ4n) is 3.80. The highest BCUT2D eigenvalue weighted by Gasteiger charge is 2.39. The number of nitrogens with two attached hydrogens (primary N) is 1. The van der Waals surface area contributed by atoms with Crippen LogP contribution in [0.5, 0.6) is 0 Å². The van der Waals surface area contributed by atoms with Gasteiger partial charge in [-0.1, -0.05) is 6.42 Å². The fourth-order valence-corrected chi connectivity index (χ4v) is 3.80. The summed E-state index contributed by atoms with van der Waals surface area (Å²) in [6.07, 6.45) is 7.92. The number of aromatic nitrogens is 1. The summed E-state index contributed by atoms with van der Waals surface area (Å²) in [6.45, 7) is 0. The number of hydrogen-bond acceptors (Lipinski definition) is 3. The van der Waals surface area contributed by atoms with Crippen molar-refractivity contribution in [2.75, 3.05) is 0 Å². The van der Waals surface area contributed by atoms with Crippen molar-refractivity contribution < 1.29 is 9.18 Å². The van der Waals surface area contributed by atoms with E-state index in [0.717, 1.165) is 31.9 Å². The number of fused-ring (bicyclic) bond motifs is 2. The minimum Gasteiger partial charge on any atom is -0.349 e. The Morgan fingerprint density at radius 3 is 2.65 bits per heavy atom. The highest BCUT2D eigenvalue weighted by Crippen LogP contribution is 2.39. The number of nitrogens with one attached hydrogen (secondary N) is 1. The quantitative estimate of drug-likeness (QED) is 0.867. The van der Waals surface area contributed by atoms with Crippen LogP contribution in [-0.4, -0.2) is 23.0 Å². The molecule has 1 aromatic rings. The first kappa shape index (κ1) is 13.5. The Bertz CT molecular complexity index is 494. The smallest absolute Gasteiger partial charge is 0.253 e. The van der Waals surface area contributed by atoms with E-state index in [-0.39, 0.29) is 23.6 Å². The molecule has 108 valence electrons. The van der Waals surface area contributed by atoms with Crippen molar-refractivity contribution in [1.29, 1.82) is 0 Å². The molecule has 4 nitrogen and oxygen atoms in total. The van der Waals surface area contributed by atoms with Crippen LogP contribution in [-0.2, 0) is 0 Å². The third kappa shape index (κ3) is 2.68. The van der Waals surface area contributed by atoms with E-state index < -0.39 is 5.82 Å². The Hall–Kier alpha value is -1.49. The molecule has 0 aromatic carbocycles. The maximum absolute atomic E-state index is 13.1. The maximum atomic E-state index is 13.1. The molecule has 0 radical (unpaired) electrons. The molecular formula is C15H20FN3O. The average Bonchev–Trinajstić information content (AvgIpc) is 2.39. The summed E-state index contributed by atoms with van der Waals surface area (Å²) in [5.41, 5.74) is 6.37. The van der Waals surface area contributed by atoms with Gasteiger partial charge in [-0.3, -0.25) is 9.78 Å². The van der Waals surface area contributed by atoms with E-state index >= 15 is 0 Å². The summed E-state index contributed by atoms with van der Waals surface area (Å²) in [5.74, 6) is 0.212. The average molecular weight is 277 g/mol. The molecule has 5 heteroatoms. The summed E-state index contributed by atoms with van der Waals surface area (Å²) in [7, 11) is 0. The van der Waals surface area contributed by atoms with Gasteiger partial charge < -0.3 is 11.1 Å². The standard InChI is InChI=1S/C15H20FN3O/c16-12-4-11(7-18-8-12)15(20)19-14-9-2-1-3-10(14)6-13(17)5-9/h4,7-10,13-14H,1-3,5-6,17H2,(H,19,20). The van der Waals surface area contributed by atoms with E-state index in [1.165, 1.54) is 18.7 Å². The molecule has 2 aliphatic carbocycles. The zero-order valence-electron chi connectivity index (χ0n) is 11.4. The highest BCUT2D eigenvalue weighted by molar-refractivity contribution is 5.94. The predicted molar refractivity (Wildman–Crippen MR) is 73.5 cm³/mol. The Labute approximate surface area is 118 Å². The van der Waals surface area contributed by atoms with Crippen molar-refractivity contribution in [3.05, 3.63) is 29.8 Å². The van der Waals surface area contributed by atoms with E-state index in [4.69, 9.17) is 5.73 Å². The molecule has 2 saturated carbocycles. The van der Waals surface area contributed by atoms with Gasteiger partial charge in [0.25, 0.3) is 5.91 Å². The number of halogens is 1. The molecule has 2 atom stereocenters. The van der Waals surface area contributed by atoms with Gasteiger partial charge >= 0.3 is 0 Å². The molecule has 0 aliphatic heterocycles. The Balaban J connectivity index is 1.72. The molecular weight excluding hydrogens is 257 g/mol. The SMILES string of the molecule is NC1CC2CCCC(C1)C2NC(=O)c1cncc(F)c1. The van der Waals surface area contributed by atoms with Gasteiger partial charge in [-0.2, -0.15) is 0 Å². The molecule has 20 heavy (non-hydrogen) atoms. The van der Waals surface area contributed by atoms with Crippen molar-refractivity contribution in [3.63, 3.8) is 0 Å². The maximum Gasteiger partial charge on any atom is 0.253 e. The van der Waals surface area contributed by atoms with Gasteiger partial charge in [0.2, 0.25) is 0 Å². The lowest BCUT2D eigenvalue weighted by atomic mass is 9.67. The molecule has 0 saturated heterocycles. The Morgan fingerprint density at radius 2 is 2.00 bits per heavy atom. The van der Waals surface area contributed by atoms with Crippen LogP contribution in [0.25, 0.3) is 0 Å². The second-order valence-electron chi connectivity index (χ2n) is 6.07. The summed E-state index contributed by atoms with van der Waals surface area (Å²) < 4.78 is 13.1. The van der Waals surface area contributed by atoms with Crippen LogP contribution in [0.15, 0.2) is 18.5 Å². The molecule has 2 aliphatic rings. The number of rotatable bonds is 2. The lowest BCUT2D eigenvalue weighted by Gasteiger charge is -2.45. The first-order valence-corrected chi connectivity index (χ1v) is 7.30. The number of hydrogen-bond donors (Lipinski definition) is 2. The van der Waals surface area contributed by atoms with E-state index in [1.807, 2.05) is 0 Å². The summed E-state index contributed by atoms with van der Waals surface area (Å²) in [4.78, 5) is 16.0. The molecule has 2 fully saturated rings. The van der Waals surface area contributed by atoms with E-state index in [9.17, 15) is 9.18 Å². The number of pyridine rings is 1. The molecule has 2 bridgehead atoms. The topological polar surface area (TPSA) is 68.0 Å². The molecule has 0 spiro atoms. The monoisotopic (exact) mass is 277 g/mol. The van der Waals surface area contributed by atoms with Crippen LogP contribution in [0, 0.1) is 17.7 Å². The number of nitrogens with zero attached hydrogens (tertiary/aromatic N) is 1.